The average Bonchev–Trinajstić information content (AvgIpc) is 2.77. The Hall–Kier alpha value is -1.36. The monoisotopic (exact) mass is 283 g/mol. The van der Waals surface area contributed by atoms with E-state index in [1.807, 2.05) is 0 Å². The molecule has 1 rings (SSSR count). The lowest BCUT2D eigenvalue weighted by molar-refractivity contribution is -0.118. The maximum Gasteiger partial charge on any atom is 0.408 e. The van der Waals surface area contributed by atoms with Crippen molar-refractivity contribution in [3.63, 3.8) is 0 Å². The van der Waals surface area contributed by atoms with Crippen LogP contribution in [0.4, 0.5) is 4.79 Å². The molecule has 20 heavy (non-hydrogen) atoms. The van der Waals surface area contributed by atoms with Crippen molar-refractivity contribution < 1.29 is 19.1 Å². The number of rotatable bonds is 5. The molecule has 1 saturated heterocycles. The van der Waals surface area contributed by atoms with Crippen molar-refractivity contribution in [3.05, 3.63) is 12.2 Å². The van der Waals surface area contributed by atoms with Crippen LogP contribution in [-0.2, 0) is 14.3 Å². The Bertz CT molecular complexity index is 378. The van der Waals surface area contributed by atoms with Gasteiger partial charge in [0.1, 0.15) is 5.60 Å². The molecule has 1 N–H and O–H groups in total. The number of ketones is 1. The van der Waals surface area contributed by atoms with Gasteiger partial charge in [-0.15, -0.1) is 0 Å². The molecule has 0 spiro atoms. The highest BCUT2D eigenvalue weighted by Gasteiger charge is 2.29. The second-order valence-electron chi connectivity index (χ2n) is 6.21. The predicted molar refractivity (Wildman–Crippen MR) is 76.6 cm³/mol. The largest absolute Gasteiger partial charge is 0.444 e. The van der Waals surface area contributed by atoms with Crippen molar-refractivity contribution in [2.24, 2.45) is 0 Å². The Kier molecular flexibility index (Phi) is 5.74. The Morgan fingerprint density at radius 1 is 1.45 bits per heavy atom. The van der Waals surface area contributed by atoms with E-state index in [2.05, 4.69) is 11.9 Å². The van der Waals surface area contributed by atoms with Gasteiger partial charge in [-0.25, -0.2) is 4.79 Å². The molecular weight excluding hydrogens is 258 g/mol. The first kappa shape index (κ1) is 16.7. The van der Waals surface area contributed by atoms with Gasteiger partial charge in [0.15, 0.2) is 5.78 Å². The fourth-order valence-electron chi connectivity index (χ4n) is 2.07. The highest BCUT2D eigenvalue weighted by atomic mass is 16.6. The van der Waals surface area contributed by atoms with E-state index in [9.17, 15) is 9.59 Å². The number of Topliss-reactive ketones (excluding diaryl/α,β-unsaturated/α-hetero) is 1. The molecule has 0 radical (unpaired) electrons. The molecule has 0 aliphatic carbocycles. The number of nitrogens with one attached hydrogen (secondary N) is 1. The minimum absolute atomic E-state index is 0.0123. The van der Waals surface area contributed by atoms with Crippen LogP contribution >= 0.6 is 0 Å². The Morgan fingerprint density at radius 3 is 2.55 bits per heavy atom. The number of hydrogen-bond donors (Lipinski definition) is 1. The molecule has 1 heterocycles. The van der Waals surface area contributed by atoms with Crippen molar-refractivity contribution in [2.75, 3.05) is 6.61 Å². The summed E-state index contributed by atoms with van der Waals surface area (Å²) < 4.78 is 10.7. The molecule has 1 fully saturated rings. The average molecular weight is 283 g/mol. The van der Waals surface area contributed by atoms with Crippen LogP contribution in [0.3, 0.4) is 0 Å². The van der Waals surface area contributed by atoms with Crippen LogP contribution in [-0.4, -0.2) is 36.2 Å². The van der Waals surface area contributed by atoms with Crippen LogP contribution in [0.2, 0.25) is 0 Å². The molecule has 0 bridgehead atoms. The third-order valence-corrected chi connectivity index (χ3v) is 2.95. The molecular formula is C15H25NO4. The zero-order valence-electron chi connectivity index (χ0n) is 12.8. The van der Waals surface area contributed by atoms with Crippen LogP contribution < -0.4 is 5.32 Å². The van der Waals surface area contributed by atoms with Gasteiger partial charge in [-0.2, -0.15) is 0 Å². The third-order valence-electron chi connectivity index (χ3n) is 2.95. The molecule has 5 nitrogen and oxygen atoms in total. The van der Waals surface area contributed by atoms with Gasteiger partial charge in [-0.1, -0.05) is 6.58 Å². The summed E-state index contributed by atoms with van der Waals surface area (Å²) in [5, 5.41) is 2.63. The Labute approximate surface area is 120 Å². The number of amides is 1. The van der Waals surface area contributed by atoms with E-state index in [1.165, 1.54) is 0 Å². The van der Waals surface area contributed by atoms with Gasteiger partial charge in [0, 0.05) is 13.0 Å². The summed E-state index contributed by atoms with van der Waals surface area (Å²) in [6, 6.07) is -0.634. The van der Waals surface area contributed by atoms with Crippen molar-refractivity contribution in [2.45, 2.75) is 64.7 Å². The SMILES string of the molecule is C=C(C)C(=O)[C@H](CC1CCCO1)NC(=O)OC(C)(C)C. The third kappa shape index (κ3) is 5.74. The molecule has 0 aromatic rings. The quantitative estimate of drug-likeness (QED) is 0.788. The predicted octanol–water partition coefficient (Wildman–Crippen LogP) is 2.59. The van der Waals surface area contributed by atoms with E-state index < -0.39 is 17.7 Å². The molecule has 5 heteroatoms. The number of hydrogen-bond acceptors (Lipinski definition) is 4. The van der Waals surface area contributed by atoms with Crippen LogP contribution in [0, 0.1) is 0 Å². The van der Waals surface area contributed by atoms with E-state index in [-0.39, 0.29) is 11.9 Å². The second kappa shape index (κ2) is 6.88. The van der Waals surface area contributed by atoms with Crippen LogP contribution in [0.1, 0.15) is 47.0 Å². The summed E-state index contributed by atoms with van der Waals surface area (Å²) in [5.74, 6) is -0.175. The van der Waals surface area contributed by atoms with Crippen molar-refractivity contribution >= 4 is 11.9 Å². The number of carbonyl (C=O) groups is 2. The first-order valence-corrected chi connectivity index (χ1v) is 7.00. The smallest absolute Gasteiger partial charge is 0.408 e. The van der Waals surface area contributed by atoms with Gasteiger partial charge in [0.05, 0.1) is 12.1 Å². The van der Waals surface area contributed by atoms with E-state index in [4.69, 9.17) is 9.47 Å². The lowest BCUT2D eigenvalue weighted by Crippen LogP contribution is -2.45. The molecule has 0 saturated carbocycles. The zero-order chi connectivity index (χ0) is 15.3. The van der Waals surface area contributed by atoms with Crippen molar-refractivity contribution in [1.82, 2.24) is 5.32 Å². The topological polar surface area (TPSA) is 64.6 Å². The van der Waals surface area contributed by atoms with Gasteiger partial charge in [-0.3, -0.25) is 4.79 Å². The maximum absolute atomic E-state index is 12.1. The van der Waals surface area contributed by atoms with Crippen LogP contribution in [0.25, 0.3) is 0 Å². The van der Waals surface area contributed by atoms with Gasteiger partial charge in [-0.05, 0) is 46.1 Å². The summed E-state index contributed by atoms with van der Waals surface area (Å²) >= 11 is 0. The zero-order valence-corrected chi connectivity index (χ0v) is 12.8. The normalized spacial score (nSPS) is 20.3. The minimum Gasteiger partial charge on any atom is -0.444 e. The summed E-state index contributed by atoms with van der Waals surface area (Å²) in [6.07, 6.45) is 1.79. The molecule has 1 aliphatic heterocycles. The fraction of sp³-hybridized carbons (Fsp3) is 0.733. The molecule has 2 atom stereocenters. The van der Waals surface area contributed by atoms with E-state index in [0.29, 0.717) is 18.6 Å². The highest BCUT2D eigenvalue weighted by Crippen LogP contribution is 2.19. The first-order valence-electron chi connectivity index (χ1n) is 7.00. The highest BCUT2D eigenvalue weighted by molar-refractivity contribution is 5.99. The number of carbonyl (C=O) groups excluding carboxylic acids is 2. The van der Waals surface area contributed by atoms with Gasteiger partial charge < -0.3 is 14.8 Å². The van der Waals surface area contributed by atoms with E-state index in [0.717, 1.165) is 12.8 Å². The van der Waals surface area contributed by atoms with E-state index >= 15 is 0 Å². The number of ether oxygens (including phenoxy) is 2. The first-order chi connectivity index (χ1) is 9.19. The lowest BCUT2D eigenvalue weighted by Gasteiger charge is -2.24. The standard InChI is InChI=1S/C15H25NO4/c1-10(2)13(17)12(9-11-7-6-8-19-11)16-14(18)20-15(3,4)5/h11-12H,1,6-9H2,2-5H3,(H,16,18)/t11?,12-/m0/s1. The van der Waals surface area contributed by atoms with Crippen LogP contribution in [0.15, 0.2) is 12.2 Å². The second-order valence-corrected chi connectivity index (χ2v) is 6.21. The molecule has 1 amide bonds. The van der Waals surface area contributed by atoms with Gasteiger partial charge in [0.25, 0.3) is 0 Å². The molecule has 0 aromatic heterocycles. The number of alkyl carbamates (subject to hydrolysis) is 1. The molecule has 1 aliphatic rings. The summed E-state index contributed by atoms with van der Waals surface area (Å²) in [7, 11) is 0. The summed E-state index contributed by atoms with van der Waals surface area (Å²) in [5.41, 5.74) is -0.172. The van der Waals surface area contributed by atoms with Crippen molar-refractivity contribution in [3.8, 4) is 0 Å². The van der Waals surface area contributed by atoms with Crippen molar-refractivity contribution in [1.29, 1.82) is 0 Å². The molecule has 114 valence electrons. The molecule has 1 unspecified atom stereocenters. The van der Waals surface area contributed by atoms with Crippen LogP contribution in [0.5, 0.6) is 0 Å². The maximum atomic E-state index is 12.1. The van der Waals surface area contributed by atoms with Gasteiger partial charge in [0.2, 0.25) is 0 Å². The summed E-state index contributed by atoms with van der Waals surface area (Å²) in [6.45, 7) is 11.3. The lowest BCUT2D eigenvalue weighted by atomic mass is 9.99. The fourth-order valence-corrected chi connectivity index (χ4v) is 2.07. The Morgan fingerprint density at radius 2 is 2.10 bits per heavy atom. The van der Waals surface area contributed by atoms with E-state index in [1.54, 1.807) is 27.7 Å². The Balaban J connectivity index is 2.64. The summed E-state index contributed by atoms with van der Waals surface area (Å²) in [4.78, 5) is 23.9. The minimum atomic E-state index is -0.634. The molecule has 0 aromatic carbocycles. The van der Waals surface area contributed by atoms with Gasteiger partial charge >= 0.3 is 6.09 Å².